The minimum Gasteiger partial charge on any atom is -0.326 e. The number of aldehydes is 1. The van der Waals surface area contributed by atoms with Crippen LogP contribution in [0, 0.1) is 0 Å². The number of nitrogens with two attached hydrogens (primary N) is 1. The van der Waals surface area contributed by atoms with Crippen molar-refractivity contribution in [3.8, 4) is 0 Å². The highest BCUT2D eigenvalue weighted by atomic mass is 16.1. The minimum atomic E-state index is 0.667. The second-order valence-electron chi connectivity index (χ2n) is 6.88. The van der Waals surface area contributed by atoms with Crippen LogP contribution >= 0.6 is 0 Å². The van der Waals surface area contributed by atoms with Crippen LogP contribution in [-0.2, 0) is 17.8 Å². The van der Waals surface area contributed by atoms with Gasteiger partial charge in [0.05, 0.1) is 0 Å². The zero-order valence-electron chi connectivity index (χ0n) is 19.9. The highest BCUT2D eigenvalue weighted by Gasteiger charge is 2.15. The third-order valence-corrected chi connectivity index (χ3v) is 4.99. The van der Waals surface area contributed by atoms with Gasteiger partial charge in [-0.25, -0.2) is 0 Å². The second-order valence-corrected chi connectivity index (χ2v) is 6.88. The zero-order valence-corrected chi connectivity index (χ0v) is 19.9. The lowest BCUT2D eigenvalue weighted by molar-refractivity contribution is -0.104. The maximum Gasteiger partial charge on any atom is 0.142 e. The molecule has 0 aliphatic heterocycles. The summed E-state index contributed by atoms with van der Waals surface area (Å²) in [6.45, 7) is 10.8. The van der Waals surface area contributed by atoms with Crippen molar-refractivity contribution >= 4 is 12.4 Å². The summed E-state index contributed by atoms with van der Waals surface area (Å²) < 4.78 is 0. The molecule has 0 atom stereocenters. The van der Waals surface area contributed by atoms with Gasteiger partial charge >= 0.3 is 0 Å². The van der Waals surface area contributed by atoms with Gasteiger partial charge in [-0.1, -0.05) is 108 Å². The Bertz CT molecular complexity index is 699. The SMILES string of the molecule is CC.CC.CCc1cccc(/C=C/C=O)c1.NCc1cccc(C2CCCCC2)c1. The lowest BCUT2D eigenvalue weighted by atomic mass is 9.84. The molecule has 1 saturated carbocycles. The van der Waals surface area contributed by atoms with Crippen LogP contribution in [0.3, 0.4) is 0 Å². The van der Waals surface area contributed by atoms with Crippen molar-refractivity contribution in [2.45, 2.75) is 85.6 Å². The number of hydrogen-bond acceptors (Lipinski definition) is 2. The van der Waals surface area contributed by atoms with Crippen molar-refractivity contribution < 1.29 is 4.79 Å². The summed E-state index contributed by atoms with van der Waals surface area (Å²) >= 11 is 0. The predicted octanol–water partition coefficient (Wildman–Crippen LogP) is 7.71. The summed E-state index contributed by atoms with van der Waals surface area (Å²) in [6.07, 6.45) is 12.1. The highest BCUT2D eigenvalue weighted by Crippen LogP contribution is 2.32. The fourth-order valence-electron chi connectivity index (χ4n) is 3.48. The molecule has 0 heterocycles. The molecular formula is C28H43NO. The Balaban J connectivity index is 0.000000486. The van der Waals surface area contributed by atoms with Gasteiger partial charge in [-0.05, 0) is 53.5 Å². The molecule has 0 amide bonds. The fourth-order valence-corrected chi connectivity index (χ4v) is 3.48. The highest BCUT2D eigenvalue weighted by molar-refractivity contribution is 5.73. The average molecular weight is 410 g/mol. The third kappa shape index (κ3) is 11.1. The number of aryl methyl sites for hydroxylation is 1. The number of rotatable bonds is 5. The van der Waals surface area contributed by atoms with Crippen LogP contribution in [0.2, 0.25) is 0 Å². The molecule has 0 spiro atoms. The Morgan fingerprint density at radius 2 is 1.53 bits per heavy atom. The van der Waals surface area contributed by atoms with Crippen LogP contribution in [0.5, 0.6) is 0 Å². The molecule has 2 nitrogen and oxygen atoms in total. The molecule has 0 saturated heterocycles. The van der Waals surface area contributed by atoms with Gasteiger partial charge in [0, 0.05) is 6.54 Å². The summed E-state index contributed by atoms with van der Waals surface area (Å²) in [5.41, 5.74) is 10.8. The fraction of sp³-hybridized carbons (Fsp3) is 0.464. The Labute approximate surface area is 185 Å². The molecule has 166 valence electrons. The maximum absolute atomic E-state index is 10.0. The van der Waals surface area contributed by atoms with Crippen molar-refractivity contribution in [1.82, 2.24) is 0 Å². The Morgan fingerprint density at radius 1 is 0.900 bits per heavy atom. The largest absolute Gasteiger partial charge is 0.326 e. The van der Waals surface area contributed by atoms with E-state index < -0.39 is 0 Å². The van der Waals surface area contributed by atoms with Crippen molar-refractivity contribution in [2.24, 2.45) is 5.73 Å². The van der Waals surface area contributed by atoms with E-state index in [0.29, 0.717) is 6.54 Å². The Hall–Kier alpha value is -2.19. The number of hydrogen-bond donors (Lipinski definition) is 1. The maximum atomic E-state index is 10.0. The number of allylic oxidation sites excluding steroid dienone is 1. The van der Waals surface area contributed by atoms with Gasteiger partial charge in [0.2, 0.25) is 0 Å². The summed E-state index contributed by atoms with van der Waals surface area (Å²) in [6, 6.07) is 17.0. The molecule has 1 fully saturated rings. The van der Waals surface area contributed by atoms with Gasteiger partial charge in [0.15, 0.2) is 0 Å². The molecule has 30 heavy (non-hydrogen) atoms. The van der Waals surface area contributed by atoms with Crippen LogP contribution in [0.15, 0.2) is 54.6 Å². The smallest absolute Gasteiger partial charge is 0.142 e. The van der Waals surface area contributed by atoms with E-state index in [9.17, 15) is 4.79 Å². The molecule has 0 aromatic heterocycles. The van der Waals surface area contributed by atoms with Crippen LogP contribution in [0.4, 0.5) is 0 Å². The molecule has 2 heteroatoms. The van der Waals surface area contributed by atoms with Crippen LogP contribution in [0.1, 0.15) is 94.9 Å². The van der Waals surface area contributed by atoms with Crippen LogP contribution in [0.25, 0.3) is 6.08 Å². The first-order chi connectivity index (χ1) is 14.8. The molecule has 2 aromatic rings. The summed E-state index contributed by atoms with van der Waals surface area (Å²) in [5, 5.41) is 0. The predicted molar refractivity (Wildman–Crippen MR) is 134 cm³/mol. The minimum absolute atomic E-state index is 0.667. The van der Waals surface area contributed by atoms with Crippen molar-refractivity contribution in [2.75, 3.05) is 0 Å². The topological polar surface area (TPSA) is 43.1 Å². The van der Waals surface area contributed by atoms with E-state index in [4.69, 9.17) is 5.73 Å². The van der Waals surface area contributed by atoms with E-state index in [2.05, 4.69) is 43.3 Å². The first-order valence-electron chi connectivity index (χ1n) is 11.8. The average Bonchev–Trinajstić information content (AvgIpc) is 2.86. The van der Waals surface area contributed by atoms with Crippen LogP contribution in [-0.4, -0.2) is 6.29 Å². The third-order valence-electron chi connectivity index (χ3n) is 4.99. The molecule has 0 bridgehead atoms. The van der Waals surface area contributed by atoms with E-state index >= 15 is 0 Å². The molecule has 2 N–H and O–H groups in total. The molecule has 2 aromatic carbocycles. The first kappa shape index (κ1) is 27.8. The lowest BCUT2D eigenvalue weighted by Crippen LogP contribution is -2.05. The van der Waals surface area contributed by atoms with Crippen LogP contribution < -0.4 is 5.73 Å². The molecule has 1 aliphatic carbocycles. The van der Waals surface area contributed by atoms with E-state index in [-0.39, 0.29) is 0 Å². The quantitative estimate of drug-likeness (QED) is 0.406. The van der Waals surface area contributed by atoms with Crippen molar-refractivity contribution in [3.05, 3.63) is 76.9 Å². The normalized spacial score (nSPS) is 13.1. The van der Waals surface area contributed by atoms with E-state index in [1.54, 1.807) is 0 Å². The molecule has 0 radical (unpaired) electrons. The van der Waals surface area contributed by atoms with Gasteiger partial charge in [-0.15, -0.1) is 0 Å². The van der Waals surface area contributed by atoms with E-state index in [1.165, 1.54) is 54.9 Å². The molecular weight excluding hydrogens is 366 g/mol. The number of benzene rings is 2. The van der Waals surface area contributed by atoms with Gasteiger partial charge in [-0.3, -0.25) is 4.79 Å². The summed E-state index contributed by atoms with van der Waals surface area (Å²) in [7, 11) is 0. The Kier molecular flexibility index (Phi) is 17.4. The number of carbonyl (C=O) groups is 1. The monoisotopic (exact) mass is 409 g/mol. The Morgan fingerprint density at radius 3 is 2.13 bits per heavy atom. The van der Waals surface area contributed by atoms with Gasteiger partial charge in [0.1, 0.15) is 6.29 Å². The first-order valence-corrected chi connectivity index (χ1v) is 11.8. The molecule has 0 unspecified atom stereocenters. The van der Waals surface area contributed by atoms with E-state index in [1.807, 2.05) is 45.9 Å². The second kappa shape index (κ2) is 18.8. The standard InChI is InChI=1S/C13H19N.C11H12O.2C2H6/c14-10-11-5-4-8-13(9-11)12-6-2-1-3-7-12;1-2-10-5-3-6-11(9-10)7-4-8-12;2*1-2/h4-5,8-9,12H,1-3,6-7,10,14H2;3-9H,2H2,1H3;2*1-2H3/b;7-4+;;. The van der Waals surface area contributed by atoms with Gasteiger partial charge < -0.3 is 5.73 Å². The summed E-state index contributed by atoms with van der Waals surface area (Å²) in [5.74, 6) is 0.801. The number of carbonyl (C=O) groups excluding carboxylic acids is 1. The van der Waals surface area contributed by atoms with Gasteiger partial charge in [0.25, 0.3) is 0 Å². The lowest BCUT2D eigenvalue weighted by Gasteiger charge is -2.22. The molecule has 3 rings (SSSR count). The van der Waals surface area contributed by atoms with Crippen molar-refractivity contribution in [3.63, 3.8) is 0 Å². The zero-order chi connectivity index (χ0) is 22.6. The molecule has 1 aliphatic rings. The van der Waals surface area contributed by atoms with Gasteiger partial charge in [-0.2, -0.15) is 0 Å². The summed E-state index contributed by atoms with van der Waals surface area (Å²) in [4.78, 5) is 10.0. The van der Waals surface area contributed by atoms with Crippen molar-refractivity contribution in [1.29, 1.82) is 0 Å². The van der Waals surface area contributed by atoms with E-state index in [0.717, 1.165) is 24.2 Å².